The smallest absolute Gasteiger partial charge is 0.252 e. The van der Waals surface area contributed by atoms with Crippen LogP contribution >= 0.6 is 0 Å². The topological polar surface area (TPSA) is 52.9 Å². The van der Waals surface area contributed by atoms with Gasteiger partial charge in [0.1, 0.15) is 11.9 Å². The SMILES string of the molecule is Cc1ccc(F)cc1C(=O)NC(C#N)C(C)C. The number of nitrogens with one attached hydrogen (secondary N) is 1. The van der Waals surface area contributed by atoms with Crippen LogP contribution in [0, 0.1) is 30.0 Å². The van der Waals surface area contributed by atoms with Gasteiger partial charge in [0, 0.05) is 5.56 Å². The highest BCUT2D eigenvalue weighted by Crippen LogP contribution is 2.11. The summed E-state index contributed by atoms with van der Waals surface area (Å²) in [6.07, 6.45) is 0. The Morgan fingerprint density at radius 3 is 2.65 bits per heavy atom. The lowest BCUT2D eigenvalue weighted by atomic mass is 10.0. The number of amides is 1. The third-order valence-electron chi connectivity index (χ3n) is 2.54. The van der Waals surface area contributed by atoms with E-state index in [0.717, 1.165) is 0 Å². The fourth-order valence-electron chi connectivity index (χ4n) is 1.41. The van der Waals surface area contributed by atoms with Crippen LogP contribution in [0.2, 0.25) is 0 Å². The van der Waals surface area contributed by atoms with Gasteiger partial charge in [-0.3, -0.25) is 4.79 Å². The molecule has 0 radical (unpaired) electrons. The van der Waals surface area contributed by atoms with Crippen molar-refractivity contribution in [2.45, 2.75) is 26.8 Å². The average molecular weight is 234 g/mol. The summed E-state index contributed by atoms with van der Waals surface area (Å²) in [5.41, 5.74) is 0.954. The lowest BCUT2D eigenvalue weighted by molar-refractivity contribution is 0.0936. The number of nitriles is 1. The van der Waals surface area contributed by atoms with Gasteiger partial charge in [-0.25, -0.2) is 4.39 Å². The second-order valence-corrected chi connectivity index (χ2v) is 4.28. The molecule has 0 heterocycles. The first-order valence-electron chi connectivity index (χ1n) is 5.42. The minimum Gasteiger partial charge on any atom is -0.336 e. The molecule has 4 heteroatoms. The van der Waals surface area contributed by atoms with Crippen LogP contribution in [-0.2, 0) is 0 Å². The third-order valence-corrected chi connectivity index (χ3v) is 2.54. The Kier molecular flexibility index (Phi) is 4.22. The zero-order valence-electron chi connectivity index (χ0n) is 10.1. The second-order valence-electron chi connectivity index (χ2n) is 4.28. The van der Waals surface area contributed by atoms with Crippen LogP contribution in [0.15, 0.2) is 18.2 Å². The van der Waals surface area contributed by atoms with Gasteiger partial charge in [0.15, 0.2) is 0 Å². The first kappa shape index (κ1) is 13.2. The molecule has 3 nitrogen and oxygen atoms in total. The maximum Gasteiger partial charge on any atom is 0.252 e. The number of carbonyl (C=O) groups is 1. The molecule has 1 aromatic carbocycles. The number of carbonyl (C=O) groups excluding carboxylic acids is 1. The van der Waals surface area contributed by atoms with E-state index in [-0.39, 0.29) is 11.5 Å². The van der Waals surface area contributed by atoms with E-state index in [1.54, 1.807) is 13.0 Å². The van der Waals surface area contributed by atoms with E-state index in [9.17, 15) is 9.18 Å². The van der Waals surface area contributed by atoms with E-state index < -0.39 is 17.8 Å². The van der Waals surface area contributed by atoms with Crippen LogP contribution in [0.4, 0.5) is 4.39 Å². The van der Waals surface area contributed by atoms with Crippen LogP contribution in [-0.4, -0.2) is 11.9 Å². The van der Waals surface area contributed by atoms with Gasteiger partial charge in [-0.1, -0.05) is 19.9 Å². The van der Waals surface area contributed by atoms with Crippen LogP contribution in [0.1, 0.15) is 29.8 Å². The molecule has 1 rings (SSSR count). The summed E-state index contributed by atoms with van der Waals surface area (Å²) in [4.78, 5) is 11.9. The molecule has 0 bridgehead atoms. The Morgan fingerprint density at radius 1 is 1.47 bits per heavy atom. The van der Waals surface area contributed by atoms with Gasteiger partial charge in [-0.15, -0.1) is 0 Å². The lowest BCUT2D eigenvalue weighted by Gasteiger charge is -2.15. The Labute approximate surface area is 100 Å². The van der Waals surface area contributed by atoms with E-state index in [2.05, 4.69) is 5.32 Å². The van der Waals surface area contributed by atoms with E-state index in [0.29, 0.717) is 5.56 Å². The van der Waals surface area contributed by atoms with Crippen molar-refractivity contribution in [3.05, 3.63) is 35.1 Å². The van der Waals surface area contributed by atoms with E-state index in [1.165, 1.54) is 12.1 Å². The number of nitrogens with zero attached hydrogens (tertiary/aromatic N) is 1. The fourth-order valence-corrected chi connectivity index (χ4v) is 1.41. The quantitative estimate of drug-likeness (QED) is 0.873. The number of benzene rings is 1. The molecule has 0 aliphatic rings. The second kappa shape index (κ2) is 5.44. The molecular formula is C13H15FN2O. The lowest BCUT2D eigenvalue weighted by Crippen LogP contribution is -2.37. The Balaban J connectivity index is 2.90. The maximum atomic E-state index is 13.0. The van der Waals surface area contributed by atoms with Crippen molar-refractivity contribution >= 4 is 5.91 Å². The van der Waals surface area contributed by atoms with Gasteiger partial charge in [-0.05, 0) is 30.5 Å². The molecule has 90 valence electrons. The first-order valence-corrected chi connectivity index (χ1v) is 5.42. The van der Waals surface area contributed by atoms with Gasteiger partial charge >= 0.3 is 0 Å². The summed E-state index contributed by atoms with van der Waals surface area (Å²) in [5, 5.41) is 11.5. The van der Waals surface area contributed by atoms with Crippen molar-refractivity contribution in [2.75, 3.05) is 0 Å². The molecule has 1 amide bonds. The fraction of sp³-hybridized carbons (Fsp3) is 0.385. The summed E-state index contributed by atoms with van der Waals surface area (Å²) >= 11 is 0. The molecular weight excluding hydrogens is 219 g/mol. The number of hydrogen-bond donors (Lipinski definition) is 1. The highest BCUT2D eigenvalue weighted by Gasteiger charge is 2.17. The molecule has 1 aromatic rings. The molecule has 1 unspecified atom stereocenters. The molecule has 1 N–H and O–H groups in total. The average Bonchev–Trinajstić information content (AvgIpc) is 2.28. The van der Waals surface area contributed by atoms with Crippen molar-refractivity contribution < 1.29 is 9.18 Å². The highest BCUT2D eigenvalue weighted by molar-refractivity contribution is 5.96. The standard InChI is InChI=1S/C13H15FN2O/c1-8(2)12(7-15)16-13(17)11-6-10(14)5-4-9(11)3/h4-6,8,12H,1-3H3,(H,16,17). The summed E-state index contributed by atoms with van der Waals surface area (Å²) < 4.78 is 13.0. The third kappa shape index (κ3) is 3.28. The Morgan fingerprint density at radius 2 is 2.12 bits per heavy atom. The largest absolute Gasteiger partial charge is 0.336 e. The molecule has 0 fully saturated rings. The predicted octanol–water partition coefficient (Wildman–Crippen LogP) is 2.41. The monoisotopic (exact) mass is 234 g/mol. The molecule has 0 aliphatic heterocycles. The number of aryl methyl sites for hydroxylation is 1. The first-order chi connectivity index (χ1) is 7.95. The van der Waals surface area contributed by atoms with Crippen molar-refractivity contribution in [1.29, 1.82) is 5.26 Å². The molecule has 17 heavy (non-hydrogen) atoms. The van der Waals surface area contributed by atoms with E-state index in [4.69, 9.17) is 5.26 Å². The van der Waals surface area contributed by atoms with Gasteiger partial charge < -0.3 is 5.32 Å². The van der Waals surface area contributed by atoms with Crippen LogP contribution in [0.5, 0.6) is 0 Å². The van der Waals surface area contributed by atoms with Crippen molar-refractivity contribution in [2.24, 2.45) is 5.92 Å². The number of rotatable bonds is 3. The Hall–Kier alpha value is -1.89. The zero-order chi connectivity index (χ0) is 13.0. The summed E-state index contributed by atoms with van der Waals surface area (Å²) in [5.74, 6) is -0.862. The van der Waals surface area contributed by atoms with Crippen LogP contribution in [0.3, 0.4) is 0 Å². The summed E-state index contributed by atoms with van der Waals surface area (Å²) in [6, 6.07) is 5.47. The molecule has 0 spiro atoms. The molecule has 0 saturated carbocycles. The van der Waals surface area contributed by atoms with Crippen molar-refractivity contribution in [3.63, 3.8) is 0 Å². The van der Waals surface area contributed by atoms with Crippen LogP contribution in [0.25, 0.3) is 0 Å². The minimum absolute atomic E-state index is 0.0119. The summed E-state index contributed by atoms with van der Waals surface area (Å²) in [7, 11) is 0. The van der Waals surface area contributed by atoms with Crippen LogP contribution < -0.4 is 5.32 Å². The van der Waals surface area contributed by atoms with E-state index in [1.807, 2.05) is 19.9 Å². The number of halogens is 1. The van der Waals surface area contributed by atoms with Crippen molar-refractivity contribution in [3.8, 4) is 6.07 Å². The predicted molar refractivity (Wildman–Crippen MR) is 62.8 cm³/mol. The van der Waals surface area contributed by atoms with Gasteiger partial charge in [-0.2, -0.15) is 5.26 Å². The molecule has 0 aliphatic carbocycles. The van der Waals surface area contributed by atoms with Gasteiger partial charge in [0.05, 0.1) is 6.07 Å². The normalized spacial score (nSPS) is 12.0. The molecule has 0 saturated heterocycles. The Bertz CT molecular complexity index is 463. The number of hydrogen-bond acceptors (Lipinski definition) is 2. The van der Waals surface area contributed by atoms with Crippen molar-refractivity contribution in [1.82, 2.24) is 5.32 Å². The molecule has 0 aromatic heterocycles. The van der Waals surface area contributed by atoms with Gasteiger partial charge in [0.25, 0.3) is 5.91 Å². The molecule has 1 atom stereocenters. The minimum atomic E-state index is -0.565. The summed E-state index contributed by atoms with van der Waals surface area (Å²) in [6.45, 7) is 5.41. The zero-order valence-corrected chi connectivity index (χ0v) is 10.1. The highest BCUT2D eigenvalue weighted by atomic mass is 19.1. The maximum absolute atomic E-state index is 13.0. The van der Waals surface area contributed by atoms with E-state index >= 15 is 0 Å². The van der Waals surface area contributed by atoms with Gasteiger partial charge in [0.2, 0.25) is 0 Å².